The number of fused-ring (bicyclic) bond motifs is 1. The maximum absolute atomic E-state index is 13.3. The van der Waals surface area contributed by atoms with Crippen molar-refractivity contribution >= 4 is 17.0 Å². The first-order chi connectivity index (χ1) is 8.90. The minimum Gasteiger partial charge on any atom is -0.459 e. The van der Waals surface area contributed by atoms with Gasteiger partial charge >= 0.3 is 6.03 Å². The summed E-state index contributed by atoms with van der Waals surface area (Å²) in [5, 5.41) is 3.38. The summed E-state index contributed by atoms with van der Waals surface area (Å²) >= 11 is 0. The lowest BCUT2D eigenvalue weighted by Crippen LogP contribution is -2.35. The molecule has 0 spiro atoms. The van der Waals surface area contributed by atoms with Gasteiger partial charge in [-0.05, 0) is 31.0 Å². The number of carbonyl (C=O) groups is 1. The van der Waals surface area contributed by atoms with Crippen molar-refractivity contribution in [2.75, 3.05) is 0 Å². The number of carbonyl (C=O) groups excluding carboxylic acids is 1. The van der Waals surface area contributed by atoms with Gasteiger partial charge in [0.15, 0.2) is 0 Å². The Balaban J connectivity index is 2.53. The van der Waals surface area contributed by atoms with Crippen LogP contribution >= 0.6 is 0 Å². The molecule has 2 amide bonds. The highest BCUT2D eigenvalue weighted by Crippen LogP contribution is 2.33. The zero-order valence-electron chi connectivity index (χ0n) is 11.2. The second-order valence-corrected chi connectivity index (χ2v) is 4.96. The third-order valence-electron chi connectivity index (χ3n) is 3.18. The van der Waals surface area contributed by atoms with Crippen LogP contribution in [-0.2, 0) is 0 Å². The van der Waals surface area contributed by atoms with Gasteiger partial charge < -0.3 is 15.5 Å². The number of hydrogen-bond donors (Lipinski definition) is 2. The average molecular weight is 264 g/mol. The fraction of sp³-hybridized carbons (Fsp3) is 0.357. The molecule has 0 aliphatic rings. The molecule has 2 aromatic rings. The van der Waals surface area contributed by atoms with Crippen LogP contribution in [0.1, 0.15) is 31.2 Å². The number of benzene rings is 1. The molecule has 1 aromatic heterocycles. The zero-order valence-corrected chi connectivity index (χ0v) is 11.2. The summed E-state index contributed by atoms with van der Waals surface area (Å²) in [6, 6.07) is 3.43. The van der Waals surface area contributed by atoms with Crippen LogP contribution in [0.25, 0.3) is 11.0 Å². The van der Waals surface area contributed by atoms with Gasteiger partial charge in [-0.1, -0.05) is 13.8 Å². The third-order valence-corrected chi connectivity index (χ3v) is 3.18. The highest BCUT2D eigenvalue weighted by atomic mass is 19.1. The van der Waals surface area contributed by atoms with E-state index in [9.17, 15) is 9.18 Å². The fourth-order valence-electron chi connectivity index (χ4n) is 2.20. The second-order valence-electron chi connectivity index (χ2n) is 4.96. The van der Waals surface area contributed by atoms with E-state index in [4.69, 9.17) is 10.2 Å². The fourth-order valence-corrected chi connectivity index (χ4v) is 2.20. The van der Waals surface area contributed by atoms with Crippen LogP contribution < -0.4 is 11.1 Å². The van der Waals surface area contributed by atoms with Crippen molar-refractivity contribution in [1.29, 1.82) is 0 Å². The molecule has 0 saturated carbocycles. The molecule has 0 aliphatic carbocycles. The molecule has 19 heavy (non-hydrogen) atoms. The molecule has 0 aliphatic heterocycles. The summed E-state index contributed by atoms with van der Waals surface area (Å²) in [6.45, 7) is 5.75. The first-order valence-electron chi connectivity index (χ1n) is 6.14. The smallest absolute Gasteiger partial charge is 0.312 e. The molecule has 0 fully saturated rings. The van der Waals surface area contributed by atoms with Crippen molar-refractivity contribution in [3.8, 4) is 0 Å². The number of urea groups is 1. The van der Waals surface area contributed by atoms with E-state index >= 15 is 0 Å². The first kappa shape index (κ1) is 13.4. The number of hydrogen-bond acceptors (Lipinski definition) is 2. The monoisotopic (exact) mass is 264 g/mol. The summed E-state index contributed by atoms with van der Waals surface area (Å²) in [6.07, 6.45) is 0. The van der Waals surface area contributed by atoms with Gasteiger partial charge in [0.1, 0.15) is 17.2 Å². The minimum atomic E-state index is -0.607. The lowest BCUT2D eigenvalue weighted by Gasteiger charge is -2.19. The van der Waals surface area contributed by atoms with E-state index in [0.717, 1.165) is 5.56 Å². The number of nitrogens with one attached hydrogen (secondary N) is 1. The highest BCUT2D eigenvalue weighted by molar-refractivity contribution is 5.82. The van der Waals surface area contributed by atoms with Crippen molar-refractivity contribution in [2.45, 2.75) is 26.8 Å². The highest BCUT2D eigenvalue weighted by Gasteiger charge is 2.24. The van der Waals surface area contributed by atoms with E-state index < -0.39 is 6.03 Å². The predicted molar refractivity (Wildman–Crippen MR) is 71.2 cm³/mol. The molecule has 2 rings (SSSR count). The molecule has 4 nitrogen and oxygen atoms in total. The van der Waals surface area contributed by atoms with E-state index in [2.05, 4.69) is 5.32 Å². The molecule has 0 radical (unpaired) electrons. The standard InChI is InChI=1S/C14H17FN2O2/c1-7(2)12(17-14(16)18)13-8(3)10-6-9(15)4-5-11(10)19-13/h4-7,12H,1-3H3,(H3,16,17,18). The maximum Gasteiger partial charge on any atom is 0.312 e. The Morgan fingerprint density at radius 2 is 2.11 bits per heavy atom. The van der Waals surface area contributed by atoms with Crippen LogP contribution in [0, 0.1) is 18.7 Å². The van der Waals surface area contributed by atoms with Crippen LogP contribution in [0.5, 0.6) is 0 Å². The number of aryl methyl sites for hydroxylation is 1. The zero-order chi connectivity index (χ0) is 14.2. The van der Waals surface area contributed by atoms with Crippen molar-refractivity contribution in [2.24, 2.45) is 11.7 Å². The number of nitrogens with two attached hydrogens (primary N) is 1. The van der Waals surface area contributed by atoms with Crippen molar-refractivity contribution in [3.05, 3.63) is 35.3 Å². The minimum absolute atomic E-state index is 0.108. The maximum atomic E-state index is 13.3. The van der Waals surface area contributed by atoms with Crippen molar-refractivity contribution in [1.82, 2.24) is 5.32 Å². The quantitative estimate of drug-likeness (QED) is 0.893. The molecule has 0 saturated heterocycles. The average Bonchev–Trinajstić information content (AvgIpc) is 2.63. The Hall–Kier alpha value is -2.04. The van der Waals surface area contributed by atoms with Gasteiger partial charge in [-0.2, -0.15) is 0 Å². The van der Waals surface area contributed by atoms with E-state index in [1.54, 1.807) is 6.07 Å². The van der Waals surface area contributed by atoms with Gasteiger partial charge in [-0.15, -0.1) is 0 Å². The SMILES string of the molecule is Cc1c(C(NC(N)=O)C(C)C)oc2ccc(F)cc12. The Bertz CT molecular complexity index is 619. The number of halogens is 1. The molecule has 102 valence electrons. The summed E-state index contributed by atoms with van der Waals surface area (Å²) < 4.78 is 19.0. The van der Waals surface area contributed by atoms with E-state index in [0.29, 0.717) is 16.7 Å². The molecule has 1 heterocycles. The van der Waals surface area contributed by atoms with E-state index in [1.165, 1.54) is 12.1 Å². The normalized spacial score (nSPS) is 12.9. The molecule has 0 bridgehead atoms. The van der Waals surface area contributed by atoms with Gasteiger partial charge in [0.25, 0.3) is 0 Å². The Morgan fingerprint density at radius 3 is 2.68 bits per heavy atom. The topological polar surface area (TPSA) is 68.3 Å². The number of rotatable bonds is 3. The first-order valence-corrected chi connectivity index (χ1v) is 6.14. The van der Waals surface area contributed by atoms with Gasteiger partial charge in [0.2, 0.25) is 0 Å². The second kappa shape index (κ2) is 4.91. The molecule has 3 N–H and O–H groups in total. The van der Waals surface area contributed by atoms with Gasteiger partial charge in [-0.3, -0.25) is 0 Å². The number of amides is 2. The number of primary amides is 1. The lowest BCUT2D eigenvalue weighted by molar-refractivity contribution is 0.238. The molecule has 1 unspecified atom stereocenters. The molecule has 5 heteroatoms. The van der Waals surface area contributed by atoms with Crippen LogP contribution in [0.2, 0.25) is 0 Å². The Labute approximate surface area is 110 Å². The van der Waals surface area contributed by atoms with Crippen molar-refractivity contribution < 1.29 is 13.6 Å². The molecule has 1 atom stereocenters. The summed E-state index contributed by atoms with van der Waals surface area (Å²) in [7, 11) is 0. The molecular formula is C14H17FN2O2. The largest absolute Gasteiger partial charge is 0.459 e. The van der Waals surface area contributed by atoms with Crippen LogP contribution in [0.3, 0.4) is 0 Å². The van der Waals surface area contributed by atoms with Crippen molar-refractivity contribution in [3.63, 3.8) is 0 Å². The lowest BCUT2D eigenvalue weighted by atomic mass is 9.98. The van der Waals surface area contributed by atoms with Gasteiger partial charge in [0.05, 0.1) is 6.04 Å². The van der Waals surface area contributed by atoms with Gasteiger partial charge in [-0.25, -0.2) is 9.18 Å². The van der Waals surface area contributed by atoms with Gasteiger partial charge in [0, 0.05) is 10.9 Å². The summed E-state index contributed by atoms with van der Waals surface area (Å²) in [5.74, 6) is 0.415. The third kappa shape index (κ3) is 2.54. The Morgan fingerprint density at radius 1 is 1.42 bits per heavy atom. The van der Waals surface area contributed by atoms with Crippen LogP contribution in [-0.4, -0.2) is 6.03 Å². The predicted octanol–water partition coefficient (Wildman–Crippen LogP) is 3.25. The van der Waals surface area contributed by atoms with Crippen LogP contribution in [0.15, 0.2) is 22.6 Å². The van der Waals surface area contributed by atoms with Crippen LogP contribution in [0.4, 0.5) is 9.18 Å². The number of furan rings is 1. The Kier molecular flexibility index (Phi) is 3.46. The van der Waals surface area contributed by atoms with E-state index in [-0.39, 0.29) is 17.8 Å². The van der Waals surface area contributed by atoms with E-state index in [1.807, 2.05) is 20.8 Å². The summed E-state index contributed by atoms with van der Waals surface area (Å²) in [4.78, 5) is 11.1. The summed E-state index contributed by atoms with van der Waals surface area (Å²) in [5.41, 5.74) is 6.61. The molecular weight excluding hydrogens is 247 g/mol. The molecule has 1 aromatic carbocycles.